The molecule has 2 N–H and O–H groups in total. The van der Waals surface area contributed by atoms with Crippen molar-refractivity contribution in [2.75, 3.05) is 39.3 Å². The zero-order valence-electron chi connectivity index (χ0n) is 11.9. The van der Waals surface area contributed by atoms with Crippen LogP contribution >= 0.6 is 0 Å². The van der Waals surface area contributed by atoms with Crippen LogP contribution in [0.15, 0.2) is 4.52 Å². The molecule has 2 heterocycles. The maximum atomic E-state index is 11.9. The summed E-state index contributed by atoms with van der Waals surface area (Å²) in [5.41, 5.74) is 0. The van der Waals surface area contributed by atoms with Crippen molar-refractivity contribution >= 4 is 12.0 Å². The first-order valence-electron chi connectivity index (χ1n) is 6.80. The van der Waals surface area contributed by atoms with Crippen molar-refractivity contribution in [2.24, 2.45) is 0 Å². The highest BCUT2D eigenvalue weighted by Gasteiger charge is 2.21. The first-order valence-corrected chi connectivity index (χ1v) is 6.80. The molecule has 0 radical (unpaired) electrons. The Balaban J connectivity index is 1.66. The van der Waals surface area contributed by atoms with Gasteiger partial charge in [0.15, 0.2) is 5.82 Å². The minimum Gasteiger partial charge on any atom is -0.480 e. The molecule has 1 aliphatic heterocycles. The van der Waals surface area contributed by atoms with E-state index in [2.05, 4.69) is 15.5 Å². The van der Waals surface area contributed by atoms with E-state index in [9.17, 15) is 9.59 Å². The van der Waals surface area contributed by atoms with Crippen LogP contribution in [0.4, 0.5) is 4.79 Å². The lowest BCUT2D eigenvalue weighted by atomic mass is 10.3. The number of aliphatic carboxylic acids is 1. The van der Waals surface area contributed by atoms with Gasteiger partial charge in [-0.2, -0.15) is 4.98 Å². The fourth-order valence-corrected chi connectivity index (χ4v) is 2.14. The van der Waals surface area contributed by atoms with Crippen LogP contribution in [0.5, 0.6) is 0 Å². The zero-order chi connectivity index (χ0) is 15.2. The number of nitrogens with one attached hydrogen (secondary N) is 1. The summed E-state index contributed by atoms with van der Waals surface area (Å²) in [6.07, 6.45) is 0.516. The Labute approximate surface area is 121 Å². The van der Waals surface area contributed by atoms with Gasteiger partial charge in [0, 0.05) is 46.1 Å². The molecule has 1 aliphatic rings. The first-order chi connectivity index (χ1) is 10.0. The molecule has 2 amide bonds. The van der Waals surface area contributed by atoms with Crippen molar-refractivity contribution in [3.8, 4) is 0 Å². The molecule has 1 aromatic rings. The van der Waals surface area contributed by atoms with Gasteiger partial charge in [0.2, 0.25) is 5.89 Å². The summed E-state index contributed by atoms with van der Waals surface area (Å²) in [4.78, 5) is 30.1. The standard InChI is InChI=1S/C12H19N5O4/c1-9-14-10(15-21-9)2-3-13-12(20)17-6-4-16(5-7-17)8-11(18)19/h2-8H2,1H3,(H,13,20)(H,18,19). The molecule has 1 saturated heterocycles. The number of nitrogens with zero attached hydrogens (tertiary/aromatic N) is 4. The number of urea groups is 1. The van der Waals surface area contributed by atoms with Gasteiger partial charge in [0.25, 0.3) is 0 Å². The van der Waals surface area contributed by atoms with E-state index < -0.39 is 5.97 Å². The van der Waals surface area contributed by atoms with Gasteiger partial charge in [0.1, 0.15) is 0 Å². The predicted molar refractivity (Wildman–Crippen MR) is 71.8 cm³/mol. The molecule has 9 heteroatoms. The first kappa shape index (κ1) is 15.2. The molecule has 0 unspecified atom stereocenters. The fraction of sp³-hybridized carbons (Fsp3) is 0.667. The second-order valence-electron chi connectivity index (χ2n) is 4.87. The third kappa shape index (κ3) is 4.71. The molecule has 116 valence electrons. The highest BCUT2D eigenvalue weighted by atomic mass is 16.5. The number of hydrogen-bond acceptors (Lipinski definition) is 6. The molecule has 0 aliphatic carbocycles. The minimum atomic E-state index is -0.844. The number of aromatic nitrogens is 2. The molecule has 1 fully saturated rings. The molecular formula is C12H19N5O4. The lowest BCUT2D eigenvalue weighted by Crippen LogP contribution is -2.52. The lowest BCUT2D eigenvalue weighted by molar-refractivity contribution is -0.138. The SMILES string of the molecule is Cc1nc(CCNC(=O)N2CCN(CC(=O)O)CC2)no1. The number of carboxylic acids is 1. The van der Waals surface area contributed by atoms with E-state index in [4.69, 9.17) is 9.63 Å². The van der Waals surface area contributed by atoms with Gasteiger partial charge in [0.05, 0.1) is 6.54 Å². The number of aryl methyl sites for hydroxylation is 1. The average molecular weight is 297 g/mol. The summed E-state index contributed by atoms with van der Waals surface area (Å²) < 4.78 is 4.84. The Morgan fingerprint density at radius 2 is 2.05 bits per heavy atom. The zero-order valence-corrected chi connectivity index (χ0v) is 11.9. The van der Waals surface area contributed by atoms with Crippen molar-refractivity contribution in [3.63, 3.8) is 0 Å². The van der Waals surface area contributed by atoms with Gasteiger partial charge in [-0.15, -0.1) is 0 Å². The van der Waals surface area contributed by atoms with E-state index in [0.29, 0.717) is 50.9 Å². The fourth-order valence-electron chi connectivity index (χ4n) is 2.14. The number of piperazine rings is 1. The molecule has 0 atom stereocenters. The average Bonchev–Trinajstić information content (AvgIpc) is 2.84. The maximum Gasteiger partial charge on any atom is 0.317 e. The molecule has 21 heavy (non-hydrogen) atoms. The highest BCUT2D eigenvalue weighted by Crippen LogP contribution is 2.02. The normalized spacial score (nSPS) is 16.0. The summed E-state index contributed by atoms with van der Waals surface area (Å²) in [5.74, 6) is 0.230. The monoisotopic (exact) mass is 297 g/mol. The topological polar surface area (TPSA) is 112 Å². The third-order valence-electron chi connectivity index (χ3n) is 3.21. The number of carbonyl (C=O) groups excluding carboxylic acids is 1. The Kier molecular flexibility index (Phi) is 5.09. The molecule has 0 aromatic carbocycles. The smallest absolute Gasteiger partial charge is 0.317 e. The van der Waals surface area contributed by atoms with Gasteiger partial charge in [-0.3, -0.25) is 9.69 Å². The predicted octanol–water partition coefficient (Wildman–Crippen LogP) is -0.668. The van der Waals surface area contributed by atoms with Gasteiger partial charge in [-0.05, 0) is 0 Å². The van der Waals surface area contributed by atoms with E-state index >= 15 is 0 Å². The summed E-state index contributed by atoms with van der Waals surface area (Å²) in [5, 5.41) is 15.3. The van der Waals surface area contributed by atoms with Crippen molar-refractivity contribution < 1.29 is 19.2 Å². The molecule has 1 aromatic heterocycles. The minimum absolute atomic E-state index is 0.0205. The van der Waals surface area contributed by atoms with Crippen molar-refractivity contribution in [1.82, 2.24) is 25.3 Å². The number of hydrogen-bond donors (Lipinski definition) is 2. The highest BCUT2D eigenvalue weighted by molar-refractivity contribution is 5.74. The summed E-state index contributed by atoms with van der Waals surface area (Å²) >= 11 is 0. The van der Waals surface area contributed by atoms with Crippen molar-refractivity contribution in [1.29, 1.82) is 0 Å². The van der Waals surface area contributed by atoms with Gasteiger partial charge < -0.3 is 19.8 Å². The van der Waals surface area contributed by atoms with Crippen LogP contribution in [-0.2, 0) is 11.2 Å². The van der Waals surface area contributed by atoms with E-state index in [-0.39, 0.29) is 12.6 Å². The van der Waals surface area contributed by atoms with E-state index in [1.54, 1.807) is 11.8 Å². The van der Waals surface area contributed by atoms with Crippen LogP contribution in [0.3, 0.4) is 0 Å². The Morgan fingerprint density at radius 1 is 1.33 bits per heavy atom. The van der Waals surface area contributed by atoms with Crippen LogP contribution in [0.25, 0.3) is 0 Å². The van der Waals surface area contributed by atoms with Crippen LogP contribution in [0.1, 0.15) is 11.7 Å². The summed E-state index contributed by atoms with van der Waals surface area (Å²) in [7, 11) is 0. The molecule has 9 nitrogen and oxygen atoms in total. The van der Waals surface area contributed by atoms with Crippen molar-refractivity contribution in [3.05, 3.63) is 11.7 Å². The molecule has 2 rings (SSSR count). The maximum absolute atomic E-state index is 11.9. The van der Waals surface area contributed by atoms with Gasteiger partial charge in [-0.25, -0.2) is 4.79 Å². The van der Waals surface area contributed by atoms with Gasteiger partial charge in [-0.1, -0.05) is 5.16 Å². The molecule has 0 spiro atoms. The van der Waals surface area contributed by atoms with Crippen LogP contribution in [-0.4, -0.2) is 76.3 Å². The van der Waals surface area contributed by atoms with E-state index in [1.165, 1.54) is 0 Å². The number of carbonyl (C=O) groups is 2. The number of amides is 2. The Hall–Kier alpha value is -2.16. The second-order valence-corrected chi connectivity index (χ2v) is 4.87. The molecule has 0 bridgehead atoms. The summed E-state index contributed by atoms with van der Waals surface area (Å²) in [6.45, 7) is 4.37. The Morgan fingerprint density at radius 3 is 2.62 bits per heavy atom. The quantitative estimate of drug-likeness (QED) is 0.741. The second kappa shape index (κ2) is 7.02. The van der Waals surface area contributed by atoms with E-state index in [1.807, 2.05) is 4.90 Å². The molecule has 0 saturated carbocycles. The van der Waals surface area contributed by atoms with E-state index in [0.717, 1.165) is 0 Å². The Bertz CT molecular complexity index is 496. The number of rotatable bonds is 5. The van der Waals surface area contributed by atoms with Crippen LogP contribution < -0.4 is 5.32 Å². The van der Waals surface area contributed by atoms with Crippen molar-refractivity contribution in [2.45, 2.75) is 13.3 Å². The summed E-state index contributed by atoms with van der Waals surface area (Å²) in [6, 6.07) is -0.148. The third-order valence-corrected chi connectivity index (χ3v) is 3.21. The lowest BCUT2D eigenvalue weighted by Gasteiger charge is -2.33. The van der Waals surface area contributed by atoms with Crippen LogP contribution in [0, 0.1) is 6.92 Å². The van der Waals surface area contributed by atoms with Crippen LogP contribution in [0.2, 0.25) is 0 Å². The molecular weight excluding hydrogens is 278 g/mol. The van der Waals surface area contributed by atoms with Gasteiger partial charge >= 0.3 is 12.0 Å². The number of carboxylic acid groups (broad SMARTS) is 1. The largest absolute Gasteiger partial charge is 0.480 e.